The number of hydrogen-bond acceptors (Lipinski definition) is 4. The Morgan fingerprint density at radius 3 is 2.69 bits per heavy atom. The molecule has 2 aromatic heterocycles. The Labute approximate surface area is 75.6 Å². The average Bonchev–Trinajstić information content (AvgIpc) is 2.53. The van der Waals surface area contributed by atoms with Gasteiger partial charge in [0.05, 0.1) is 5.56 Å². The zero-order valence-electron chi connectivity index (χ0n) is 7.48. The summed E-state index contributed by atoms with van der Waals surface area (Å²) in [4.78, 5) is 4.14. The van der Waals surface area contributed by atoms with E-state index in [1.807, 2.05) is 19.1 Å². The van der Waals surface area contributed by atoms with Crippen molar-refractivity contribution >= 4 is 0 Å². The highest BCUT2D eigenvalue weighted by Crippen LogP contribution is 2.19. The molecule has 0 radical (unpaired) electrons. The molecule has 0 aliphatic rings. The number of rotatable bonds is 1. The maximum Gasteiger partial charge on any atom is 0.249 e. The monoisotopic (exact) mass is 175 g/mol. The van der Waals surface area contributed by atoms with Crippen LogP contribution in [0.4, 0.5) is 0 Å². The molecule has 0 aliphatic carbocycles. The molecular weight excluding hydrogens is 166 g/mol. The van der Waals surface area contributed by atoms with Crippen molar-refractivity contribution in [3.63, 3.8) is 0 Å². The second kappa shape index (κ2) is 2.97. The Kier molecular flexibility index (Phi) is 1.81. The van der Waals surface area contributed by atoms with Crippen molar-refractivity contribution in [3.05, 3.63) is 29.9 Å². The number of aromatic nitrogens is 3. The SMILES string of the molecule is Cc1nnc(-c2cccnc2C)o1. The normalized spacial score (nSPS) is 10.3. The van der Waals surface area contributed by atoms with E-state index in [1.165, 1.54) is 0 Å². The summed E-state index contributed by atoms with van der Waals surface area (Å²) in [6, 6.07) is 3.76. The van der Waals surface area contributed by atoms with Gasteiger partial charge in [0.15, 0.2) is 0 Å². The summed E-state index contributed by atoms with van der Waals surface area (Å²) in [6.07, 6.45) is 1.74. The molecule has 0 aromatic carbocycles. The predicted octanol–water partition coefficient (Wildman–Crippen LogP) is 1.75. The van der Waals surface area contributed by atoms with Gasteiger partial charge in [-0.2, -0.15) is 0 Å². The molecule has 0 atom stereocenters. The quantitative estimate of drug-likeness (QED) is 0.662. The van der Waals surface area contributed by atoms with Crippen LogP contribution < -0.4 is 0 Å². The maximum atomic E-state index is 5.29. The third-order valence-electron chi connectivity index (χ3n) is 1.76. The lowest BCUT2D eigenvalue weighted by molar-refractivity contribution is 0.532. The van der Waals surface area contributed by atoms with E-state index < -0.39 is 0 Å². The molecule has 0 amide bonds. The Morgan fingerprint density at radius 2 is 2.08 bits per heavy atom. The molecule has 0 bridgehead atoms. The van der Waals surface area contributed by atoms with Crippen LogP contribution >= 0.6 is 0 Å². The van der Waals surface area contributed by atoms with Crippen molar-refractivity contribution in [1.82, 2.24) is 15.2 Å². The largest absolute Gasteiger partial charge is 0.421 e. The third-order valence-corrected chi connectivity index (χ3v) is 1.76. The molecule has 13 heavy (non-hydrogen) atoms. The molecule has 0 aliphatic heterocycles. The smallest absolute Gasteiger partial charge is 0.249 e. The predicted molar refractivity (Wildman–Crippen MR) is 47.0 cm³/mol. The Bertz CT molecular complexity index is 422. The van der Waals surface area contributed by atoms with E-state index in [2.05, 4.69) is 15.2 Å². The van der Waals surface area contributed by atoms with Crippen molar-refractivity contribution in [2.45, 2.75) is 13.8 Å². The van der Waals surface area contributed by atoms with Crippen LogP contribution in [0.5, 0.6) is 0 Å². The minimum atomic E-state index is 0.531. The van der Waals surface area contributed by atoms with Crippen molar-refractivity contribution < 1.29 is 4.42 Å². The van der Waals surface area contributed by atoms with Crippen molar-refractivity contribution in [2.75, 3.05) is 0 Å². The summed E-state index contributed by atoms with van der Waals surface area (Å²) in [7, 11) is 0. The van der Waals surface area contributed by atoms with Gasteiger partial charge in [0.2, 0.25) is 11.8 Å². The minimum absolute atomic E-state index is 0.531. The second-order valence-electron chi connectivity index (χ2n) is 2.76. The van der Waals surface area contributed by atoms with Crippen LogP contribution in [0.15, 0.2) is 22.7 Å². The fraction of sp³-hybridized carbons (Fsp3) is 0.222. The molecule has 4 heteroatoms. The Balaban J connectivity index is 2.52. The molecule has 0 fully saturated rings. The number of nitrogens with zero attached hydrogens (tertiary/aromatic N) is 3. The van der Waals surface area contributed by atoms with E-state index in [0.29, 0.717) is 11.8 Å². The van der Waals surface area contributed by atoms with E-state index in [4.69, 9.17) is 4.42 Å². The lowest BCUT2D eigenvalue weighted by atomic mass is 10.2. The lowest BCUT2D eigenvalue weighted by Gasteiger charge is -1.96. The van der Waals surface area contributed by atoms with Crippen LogP contribution in [0.3, 0.4) is 0 Å². The van der Waals surface area contributed by atoms with E-state index >= 15 is 0 Å². The van der Waals surface area contributed by atoms with Gasteiger partial charge in [-0.05, 0) is 19.1 Å². The van der Waals surface area contributed by atoms with E-state index in [0.717, 1.165) is 11.3 Å². The molecule has 2 heterocycles. The third kappa shape index (κ3) is 1.42. The van der Waals surface area contributed by atoms with E-state index in [9.17, 15) is 0 Å². The molecule has 0 N–H and O–H groups in total. The van der Waals surface area contributed by atoms with Gasteiger partial charge in [0.1, 0.15) is 0 Å². The molecule has 0 unspecified atom stereocenters. The van der Waals surface area contributed by atoms with Gasteiger partial charge >= 0.3 is 0 Å². The molecular formula is C9H9N3O. The van der Waals surface area contributed by atoms with Crippen molar-refractivity contribution in [2.24, 2.45) is 0 Å². The van der Waals surface area contributed by atoms with Crippen LogP contribution in [0.2, 0.25) is 0 Å². The highest BCUT2D eigenvalue weighted by Gasteiger charge is 2.08. The van der Waals surface area contributed by atoms with Crippen molar-refractivity contribution in [1.29, 1.82) is 0 Å². The minimum Gasteiger partial charge on any atom is -0.421 e. The maximum absolute atomic E-state index is 5.29. The first-order valence-electron chi connectivity index (χ1n) is 3.99. The van der Waals surface area contributed by atoms with Gasteiger partial charge < -0.3 is 4.42 Å². The Morgan fingerprint density at radius 1 is 1.23 bits per heavy atom. The molecule has 66 valence electrons. The summed E-state index contributed by atoms with van der Waals surface area (Å²) in [5.74, 6) is 1.10. The first-order chi connectivity index (χ1) is 6.27. The summed E-state index contributed by atoms with van der Waals surface area (Å²) < 4.78 is 5.29. The van der Waals surface area contributed by atoms with Gasteiger partial charge in [-0.1, -0.05) is 0 Å². The molecule has 0 spiro atoms. The van der Waals surface area contributed by atoms with Gasteiger partial charge in [-0.25, -0.2) is 0 Å². The molecule has 2 rings (SSSR count). The molecule has 2 aromatic rings. The van der Waals surface area contributed by atoms with Crippen LogP contribution in [0, 0.1) is 13.8 Å². The fourth-order valence-electron chi connectivity index (χ4n) is 1.12. The van der Waals surface area contributed by atoms with E-state index in [1.54, 1.807) is 13.1 Å². The van der Waals surface area contributed by atoms with Crippen molar-refractivity contribution in [3.8, 4) is 11.5 Å². The van der Waals surface area contributed by atoms with Gasteiger partial charge in [0.25, 0.3) is 0 Å². The molecule has 0 saturated heterocycles. The first-order valence-corrected chi connectivity index (χ1v) is 3.99. The summed E-state index contributed by atoms with van der Waals surface area (Å²) in [5.41, 5.74) is 1.79. The zero-order valence-corrected chi connectivity index (χ0v) is 7.48. The van der Waals surface area contributed by atoms with Crippen LogP contribution in [0.1, 0.15) is 11.6 Å². The highest BCUT2D eigenvalue weighted by atomic mass is 16.4. The van der Waals surface area contributed by atoms with Gasteiger partial charge in [0, 0.05) is 18.8 Å². The molecule has 0 saturated carbocycles. The van der Waals surface area contributed by atoms with Crippen LogP contribution in [-0.4, -0.2) is 15.2 Å². The van der Waals surface area contributed by atoms with Gasteiger partial charge in [-0.15, -0.1) is 10.2 Å². The Hall–Kier alpha value is -1.71. The highest BCUT2D eigenvalue weighted by molar-refractivity contribution is 5.54. The lowest BCUT2D eigenvalue weighted by Crippen LogP contribution is -1.86. The molecule has 4 nitrogen and oxygen atoms in total. The summed E-state index contributed by atoms with van der Waals surface area (Å²) in [6.45, 7) is 3.68. The summed E-state index contributed by atoms with van der Waals surface area (Å²) in [5, 5.41) is 7.68. The number of pyridine rings is 1. The zero-order chi connectivity index (χ0) is 9.26. The second-order valence-corrected chi connectivity index (χ2v) is 2.76. The topological polar surface area (TPSA) is 51.8 Å². The van der Waals surface area contributed by atoms with E-state index in [-0.39, 0.29) is 0 Å². The fourth-order valence-corrected chi connectivity index (χ4v) is 1.12. The number of aryl methyl sites for hydroxylation is 2. The standard InChI is InChI=1S/C9H9N3O/c1-6-8(4-3-5-10-6)9-12-11-7(2)13-9/h3-5H,1-2H3. The average molecular weight is 175 g/mol. The summed E-state index contributed by atoms with van der Waals surface area (Å²) >= 11 is 0. The van der Waals surface area contributed by atoms with Gasteiger partial charge in [-0.3, -0.25) is 4.98 Å². The number of hydrogen-bond donors (Lipinski definition) is 0. The van der Waals surface area contributed by atoms with Crippen LogP contribution in [0.25, 0.3) is 11.5 Å². The first kappa shape index (κ1) is 7.91. The van der Waals surface area contributed by atoms with Crippen LogP contribution in [-0.2, 0) is 0 Å².